The van der Waals surface area contributed by atoms with E-state index in [2.05, 4.69) is 39.2 Å². The van der Waals surface area contributed by atoms with Crippen molar-refractivity contribution in [1.82, 2.24) is 24.5 Å². The van der Waals surface area contributed by atoms with Gasteiger partial charge in [0.05, 0.1) is 13.7 Å². The molecule has 1 aliphatic rings. The number of fused-ring (bicyclic) bond motifs is 4. The number of benzene rings is 2. The highest BCUT2D eigenvalue weighted by molar-refractivity contribution is 5.95. The Balaban J connectivity index is 1.52. The Hall–Kier alpha value is -3.19. The van der Waals surface area contributed by atoms with Crippen LogP contribution in [0.1, 0.15) is 17.0 Å². The lowest BCUT2D eigenvalue weighted by Crippen LogP contribution is -2.30. The fraction of sp³-hybridized carbons (Fsp3) is 0.250. The van der Waals surface area contributed by atoms with Crippen molar-refractivity contribution in [2.45, 2.75) is 19.5 Å². The number of nitrogen functional groups attached to an aromatic ring is 1. The first kappa shape index (κ1) is 16.0. The molecule has 3 heterocycles. The molecule has 7 heteroatoms. The summed E-state index contributed by atoms with van der Waals surface area (Å²) in [6.07, 6.45) is 1.05. The lowest BCUT2D eigenvalue weighted by Gasteiger charge is -2.27. The van der Waals surface area contributed by atoms with E-state index in [1.165, 1.54) is 11.1 Å². The predicted octanol–water partition coefficient (Wildman–Crippen LogP) is 2.43. The molecule has 0 atom stereocenters. The van der Waals surface area contributed by atoms with E-state index in [0.717, 1.165) is 30.7 Å². The molecule has 2 N–H and O–H groups in total. The van der Waals surface area contributed by atoms with Gasteiger partial charge in [0.1, 0.15) is 11.3 Å². The van der Waals surface area contributed by atoms with Gasteiger partial charge in [-0.25, -0.2) is 9.97 Å². The largest absolute Gasteiger partial charge is 0.494 e. The zero-order valence-electron chi connectivity index (χ0n) is 15.1. The van der Waals surface area contributed by atoms with Gasteiger partial charge in [0.2, 0.25) is 5.95 Å². The highest BCUT2D eigenvalue weighted by Gasteiger charge is 2.19. The van der Waals surface area contributed by atoms with Gasteiger partial charge < -0.3 is 10.5 Å². The van der Waals surface area contributed by atoms with E-state index >= 15 is 0 Å². The van der Waals surface area contributed by atoms with E-state index < -0.39 is 0 Å². The Labute approximate surface area is 156 Å². The minimum atomic E-state index is 0.310. The van der Waals surface area contributed by atoms with Crippen molar-refractivity contribution in [3.63, 3.8) is 0 Å². The lowest BCUT2D eigenvalue weighted by molar-refractivity contribution is 0.239. The van der Waals surface area contributed by atoms with E-state index in [4.69, 9.17) is 15.5 Å². The summed E-state index contributed by atoms with van der Waals surface area (Å²) in [5.41, 5.74) is 10.4. The summed E-state index contributed by atoms with van der Waals surface area (Å²) >= 11 is 0. The molecule has 4 aromatic rings. The molecule has 0 radical (unpaired) electrons. The SMILES string of the molecule is COc1cccc2c1nc(N)n1nc(CN3CCc4ccccc4C3)nc21. The number of anilines is 1. The summed E-state index contributed by atoms with van der Waals surface area (Å²) in [4.78, 5) is 11.6. The number of methoxy groups -OCH3 is 1. The lowest BCUT2D eigenvalue weighted by atomic mass is 10.00. The maximum absolute atomic E-state index is 6.14. The van der Waals surface area contributed by atoms with Gasteiger partial charge in [-0.1, -0.05) is 30.3 Å². The maximum Gasteiger partial charge on any atom is 0.223 e. The van der Waals surface area contributed by atoms with Gasteiger partial charge in [-0.15, -0.1) is 5.10 Å². The highest BCUT2D eigenvalue weighted by Crippen LogP contribution is 2.27. The van der Waals surface area contributed by atoms with Crippen molar-refractivity contribution in [3.05, 3.63) is 59.4 Å². The van der Waals surface area contributed by atoms with Gasteiger partial charge >= 0.3 is 0 Å². The number of aromatic nitrogens is 4. The molecule has 0 unspecified atom stereocenters. The predicted molar refractivity (Wildman–Crippen MR) is 104 cm³/mol. The van der Waals surface area contributed by atoms with Crippen LogP contribution in [0.15, 0.2) is 42.5 Å². The van der Waals surface area contributed by atoms with Gasteiger partial charge in [0, 0.05) is 18.5 Å². The normalized spacial score (nSPS) is 14.6. The quantitative estimate of drug-likeness (QED) is 0.604. The van der Waals surface area contributed by atoms with Crippen LogP contribution in [-0.4, -0.2) is 38.1 Å². The van der Waals surface area contributed by atoms with Crippen LogP contribution in [0.3, 0.4) is 0 Å². The summed E-state index contributed by atoms with van der Waals surface area (Å²) in [5, 5.41) is 5.48. The Morgan fingerprint density at radius 2 is 1.93 bits per heavy atom. The van der Waals surface area contributed by atoms with Gasteiger partial charge in [0.15, 0.2) is 11.5 Å². The average molecular weight is 360 g/mol. The summed E-state index contributed by atoms with van der Waals surface area (Å²) in [5.74, 6) is 1.74. The molecule has 2 aromatic carbocycles. The molecular weight excluding hydrogens is 340 g/mol. The third kappa shape index (κ3) is 2.67. The summed E-state index contributed by atoms with van der Waals surface area (Å²) in [6, 6.07) is 14.4. The molecule has 0 spiro atoms. The monoisotopic (exact) mass is 360 g/mol. The Kier molecular flexibility index (Phi) is 3.68. The van der Waals surface area contributed by atoms with Gasteiger partial charge in [-0.3, -0.25) is 4.90 Å². The van der Waals surface area contributed by atoms with Gasteiger partial charge in [-0.2, -0.15) is 4.52 Å². The molecule has 0 saturated carbocycles. The first-order chi connectivity index (χ1) is 13.2. The molecule has 0 aliphatic carbocycles. The topological polar surface area (TPSA) is 81.6 Å². The van der Waals surface area contributed by atoms with Gasteiger partial charge in [0.25, 0.3) is 0 Å². The smallest absolute Gasteiger partial charge is 0.223 e. The van der Waals surface area contributed by atoms with Crippen molar-refractivity contribution in [3.8, 4) is 5.75 Å². The second-order valence-electron chi connectivity index (χ2n) is 6.82. The van der Waals surface area contributed by atoms with Crippen molar-refractivity contribution >= 4 is 22.5 Å². The Morgan fingerprint density at radius 3 is 2.78 bits per heavy atom. The van der Waals surface area contributed by atoms with Crippen molar-refractivity contribution in [2.75, 3.05) is 19.4 Å². The molecule has 0 bridgehead atoms. The molecule has 0 fully saturated rings. The van der Waals surface area contributed by atoms with Crippen LogP contribution in [0.4, 0.5) is 5.95 Å². The van der Waals surface area contributed by atoms with E-state index in [1.54, 1.807) is 11.6 Å². The zero-order valence-corrected chi connectivity index (χ0v) is 15.1. The van der Waals surface area contributed by atoms with Crippen LogP contribution in [-0.2, 0) is 19.5 Å². The molecule has 2 aromatic heterocycles. The first-order valence-corrected chi connectivity index (χ1v) is 9.00. The molecule has 27 heavy (non-hydrogen) atoms. The number of hydrogen-bond acceptors (Lipinski definition) is 6. The number of nitrogens with two attached hydrogens (primary N) is 1. The molecule has 5 rings (SSSR count). The van der Waals surface area contributed by atoms with Crippen LogP contribution < -0.4 is 10.5 Å². The van der Waals surface area contributed by atoms with Crippen LogP contribution >= 0.6 is 0 Å². The van der Waals surface area contributed by atoms with Crippen LogP contribution in [0.25, 0.3) is 16.6 Å². The zero-order chi connectivity index (χ0) is 18.4. The fourth-order valence-electron chi connectivity index (χ4n) is 3.79. The number of para-hydroxylation sites is 1. The van der Waals surface area contributed by atoms with E-state index in [-0.39, 0.29) is 0 Å². The second-order valence-corrected chi connectivity index (χ2v) is 6.82. The van der Waals surface area contributed by atoms with Crippen molar-refractivity contribution in [1.29, 1.82) is 0 Å². The minimum absolute atomic E-state index is 0.310. The van der Waals surface area contributed by atoms with E-state index in [1.807, 2.05) is 18.2 Å². The summed E-state index contributed by atoms with van der Waals surface area (Å²) < 4.78 is 7.03. The number of hydrogen-bond donors (Lipinski definition) is 1. The first-order valence-electron chi connectivity index (χ1n) is 9.00. The van der Waals surface area contributed by atoms with E-state index in [9.17, 15) is 0 Å². The fourth-order valence-corrected chi connectivity index (χ4v) is 3.79. The number of ether oxygens (including phenoxy) is 1. The van der Waals surface area contributed by atoms with Gasteiger partial charge in [-0.05, 0) is 29.7 Å². The summed E-state index contributed by atoms with van der Waals surface area (Å²) in [6.45, 7) is 2.59. The third-order valence-corrected chi connectivity index (χ3v) is 5.13. The van der Waals surface area contributed by atoms with Crippen molar-refractivity contribution in [2.24, 2.45) is 0 Å². The average Bonchev–Trinajstić information content (AvgIpc) is 3.12. The molecule has 0 amide bonds. The Bertz CT molecular complexity index is 1150. The third-order valence-electron chi connectivity index (χ3n) is 5.13. The highest BCUT2D eigenvalue weighted by atomic mass is 16.5. The van der Waals surface area contributed by atoms with Crippen LogP contribution in [0.5, 0.6) is 5.75 Å². The minimum Gasteiger partial charge on any atom is -0.494 e. The summed E-state index contributed by atoms with van der Waals surface area (Å²) in [7, 11) is 1.63. The van der Waals surface area contributed by atoms with Crippen LogP contribution in [0, 0.1) is 0 Å². The molecular formula is C20H20N6O. The molecule has 0 saturated heterocycles. The Morgan fingerprint density at radius 1 is 1.07 bits per heavy atom. The molecule has 1 aliphatic heterocycles. The molecule has 136 valence electrons. The van der Waals surface area contributed by atoms with Crippen molar-refractivity contribution < 1.29 is 4.74 Å². The van der Waals surface area contributed by atoms with Crippen LogP contribution in [0.2, 0.25) is 0 Å². The standard InChI is InChI=1S/C20H20N6O/c1-27-16-8-4-7-15-18(16)23-20(21)26-19(15)22-17(24-26)12-25-10-9-13-5-2-3-6-14(13)11-25/h2-8H,9-12H2,1H3,(H2,21,23). The molecule has 7 nitrogen and oxygen atoms in total. The second kappa shape index (κ2) is 6.21. The number of rotatable bonds is 3. The maximum atomic E-state index is 6.14. The number of nitrogens with zero attached hydrogens (tertiary/aromatic N) is 5. The van der Waals surface area contributed by atoms with E-state index in [0.29, 0.717) is 29.4 Å².